The highest BCUT2D eigenvalue weighted by Crippen LogP contribution is 2.32. The predicted octanol–water partition coefficient (Wildman–Crippen LogP) is 3.50. The van der Waals surface area contributed by atoms with Crippen molar-refractivity contribution in [2.45, 2.75) is 13.5 Å². The second-order valence-corrected chi connectivity index (χ2v) is 4.21. The van der Waals surface area contributed by atoms with Gasteiger partial charge >= 0.3 is 5.69 Å². The third-order valence-corrected chi connectivity index (χ3v) is 2.82. The van der Waals surface area contributed by atoms with Crippen molar-refractivity contribution < 1.29 is 9.66 Å². The van der Waals surface area contributed by atoms with E-state index in [0.717, 1.165) is 12.1 Å². The molecule has 20 heavy (non-hydrogen) atoms. The fraction of sp³-hybridized carbons (Fsp3) is 0.200. The fourth-order valence-electron chi connectivity index (χ4n) is 1.82. The van der Waals surface area contributed by atoms with Gasteiger partial charge in [0.1, 0.15) is 5.75 Å². The van der Waals surface area contributed by atoms with E-state index in [9.17, 15) is 10.1 Å². The Balaban J connectivity index is 2.28. The molecule has 5 heteroatoms. The summed E-state index contributed by atoms with van der Waals surface area (Å²) in [6.45, 7) is 3.53. The molecule has 0 aliphatic heterocycles. The van der Waals surface area contributed by atoms with Crippen molar-refractivity contribution in [2.75, 3.05) is 6.54 Å². The van der Waals surface area contributed by atoms with Crippen molar-refractivity contribution in [3.05, 3.63) is 64.2 Å². The van der Waals surface area contributed by atoms with E-state index in [0.29, 0.717) is 12.3 Å². The lowest BCUT2D eigenvalue weighted by molar-refractivity contribution is -0.385. The molecule has 0 amide bonds. The van der Waals surface area contributed by atoms with Crippen LogP contribution in [0.4, 0.5) is 5.69 Å². The highest BCUT2D eigenvalue weighted by Gasteiger charge is 2.15. The number of para-hydroxylation sites is 3. The molecule has 0 heterocycles. The molecular formula is C15H16N2O3. The van der Waals surface area contributed by atoms with Crippen LogP contribution < -0.4 is 10.1 Å². The van der Waals surface area contributed by atoms with Crippen molar-refractivity contribution in [3.8, 4) is 11.5 Å². The van der Waals surface area contributed by atoms with Crippen LogP contribution in [0.3, 0.4) is 0 Å². The number of ether oxygens (including phenoxy) is 1. The highest BCUT2D eigenvalue weighted by molar-refractivity contribution is 5.49. The van der Waals surface area contributed by atoms with Crippen LogP contribution in [0.25, 0.3) is 0 Å². The van der Waals surface area contributed by atoms with E-state index in [1.54, 1.807) is 18.2 Å². The average Bonchev–Trinajstić information content (AvgIpc) is 2.47. The lowest BCUT2D eigenvalue weighted by atomic mass is 10.2. The monoisotopic (exact) mass is 272 g/mol. The summed E-state index contributed by atoms with van der Waals surface area (Å²) < 4.78 is 5.72. The lowest BCUT2D eigenvalue weighted by Crippen LogP contribution is -2.12. The van der Waals surface area contributed by atoms with Gasteiger partial charge in [0.15, 0.2) is 0 Å². The highest BCUT2D eigenvalue weighted by atomic mass is 16.6. The van der Waals surface area contributed by atoms with Gasteiger partial charge < -0.3 is 10.1 Å². The molecule has 2 aromatic rings. The van der Waals surface area contributed by atoms with Crippen LogP contribution >= 0.6 is 0 Å². The van der Waals surface area contributed by atoms with Crippen molar-refractivity contribution in [1.82, 2.24) is 5.32 Å². The number of nitro groups is 1. The zero-order valence-corrected chi connectivity index (χ0v) is 11.2. The summed E-state index contributed by atoms with van der Waals surface area (Å²) in [5.41, 5.74) is 0.929. The predicted molar refractivity (Wildman–Crippen MR) is 77.0 cm³/mol. The normalized spacial score (nSPS) is 10.2. The molecule has 0 spiro atoms. The molecule has 0 aliphatic rings. The molecule has 0 unspecified atom stereocenters. The van der Waals surface area contributed by atoms with E-state index in [1.165, 1.54) is 6.07 Å². The number of nitrogens with one attached hydrogen (secondary N) is 1. The van der Waals surface area contributed by atoms with E-state index in [-0.39, 0.29) is 11.4 Å². The fourth-order valence-corrected chi connectivity index (χ4v) is 1.82. The van der Waals surface area contributed by atoms with Crippen LogP contribution in [0.2, 0.25) is 0 Å². The summed E-state index contributed by atoms with van der Waals surface area (Å²) in [4.78, 5) is 10.5. The standard InChI is InChI=1S/C15H16N2O3/c1-2-16-11-12-7-3-5-9-14(12)20-15-10-6-4-8-13(15)17(18)19/h3-10,16H,2,11H2,1H3. The Morgan fingerprint density at radius 3 is 2.45 bits per heavy atom. The molecule has 0 saturated heterocycles. The number of nitro benzene ring substituents is 1. The maximum absolute atomic E-state index is 11.0. The number of benzene rings is 2. The smallest absolute Gasteiger partial charge is 0.311 e. The van der Waals surface area contributed by atoms with Gasteiger partial charge in [-0.2, -0.15) is 0 Å². The third-order valence-electron chi connectivity index (χ3n) is 2.82. The minimum absolute atomic E-state index is 0.0363. The van der Waals surface area contributed by atoms with E-state index in [1.807, 2.05) is 31.2 Å². The third kappa shape index (κ3) is 3.33. The lowest BCUT2D eigenvalue weighted by Gasteiger charge is -2.11. The number of rotatable bonds is 6. The zero-order valence-electron chi connectivity index (χ0n) is 11.2. The number of hydrogen-bond acceptors (Lipinski definition) is 4. The first-order valence-electron chi connectivity index (χ1n) is 6.42. The molecular weight excluding hydrogens is 256 g/mol. The molecule has 0 fully saturated rings. The molecule has 104 valence electrons. The zero-order chi connectivity index (χ0) is 14.4. The van der Waals surface area contributed by atoms with Crippen LogP contribution in [-0.2, 0) is 6.54 Å². The van der Waals surface area contributed by atoms with Gasteiger partial charge in [0, 0.05) is 18.2 Å². The summed E-state index contributed by atoms with van der Waals surface area (Å²) in [6.07, 6.45) is 0. The maximum atomic E-state index is 11.0. The van der Waals surface area contributed by atoms with E-state index in [2.05, 4.69) is 5.32 Å². The van der Waals surface area contributed by atoms with Gasteiger partial charge in [0.05, 0.1) is 4.92 Å². The van der Waals surface area contributed by atoms with Crippen LogP contribution in [0.1, 0.15) is 12.5 Å². The van der Waals surface area contributed by atoms with Gasteiger partial charge in [-0.1, -0.05) is 37.3 Å². The van der Waals surface area contributed by atoms with Crippen molar-refractivity contribution in [2.24, 2.45) is 0 Å². The van der Waals surface area contributed by atoms with Crippen LogP contribution in [0.5, 0.6) is 11.5 Å². The first kappa shape index (κ1) is 14.0. The summed E-state index contributed by atoms with van der Waals surface area (Å²) in [5, 5.41) is 14.2. The van der Waals surface area contributed by atoms with Crippen molar-refractivity contribution >= 4 is 5.69 Å². The van der Waals surface area contributed by atoms with Gasteiger partial charge in [-0.15, -0.1) is 0 Å². The van der Waals surface area contributed by atoms with Gasteiger partial charge in [-0.3, -0.25) is 10.1 Å². The summed E-state index contributed by atoms with van der Waals surface area (Å²) >= 11 is 0. The quantitative estimate of drug-likeness (QED) is 0.645. The molecule has 1 N–H and O–H groups in total. The SMILES string of the molecule is CCNCc1ccccc1Oc1ccccc1[N+](=O)[O-]. The van der Waals surface area contributed by atoms with Gasteiger partial charge in [-0.25, -0.2) is 0 Å². The summed E-state index contributed by atoms with van der Waals surface area (Å²) in [6, 6.07) is 13.9. The van der Waals surface area contributed by atoms with Crippen molar-refractivity contribution in [1.29, 1.82) is 0 Å². The Bertz CT molecular complexity index is 599. The molecule has 0 aliphatic carbocycles. The molecule has 5 nitrogen and oxygen atoms in total. The molecule has 2 aromatic carbocycles. The topological polar surface area (TPSA) is 64.4 Å². The van der Waals surface area contributed by atoms with E-state index in [4.69, 9.17) is 4.74 Å². The largest absolute Gasteiger partial charge is 0.450 e. The molecule has 2 rings (SSSR count). The number of nitrogens with zero attached hydrogens (tertiary/aromatic N) is 1. The average molecular weight is 272 g/mol. The van der Waals surface area contributed by atoms with Crippen LogP contribution in [0, 0.1) is 10.1 Å². The first-order valence-corrected chi connectivity index (χ1v) is 6.42. The van der Waals surface area contributed by atoms with Gasteiger partial charge in [0.2, 0.25) is 5.75 Å². The van der Waals surface area contributed by atoms with Crippen molar-refractivity contribution in [3.63, 3.8) is 0 Å². The molecule has 0 aromatic heterocycles. The molecule has 0 atom stereocenters. The van der Waals surface area contributed by atoms with Gasteiger partial charge in [-0.05, 0) is 18.7 Å². The molecule has 0 radical (unpaired) electrons. The summed E-state index contributed by atoms with van der Waals surface area (Å²) in [7, 11) is 0. The first-order chi connectivity index (χ1) is 9.72. The number of hydrogen-bond donors (Lipinski definition) is 1. The van der Waals surface area contributed by atoms with E-state index >= 15 is 0 Å². The Morgan fingerprint density at radius 1 is 1.10 bits per heavy atom. The van der Waals surface area contributed by atoms with Crippen LogP contribution in [-0.4, -0.2) is 11.5 Å². The molecule has 0 saturated carbocycles. The van der Waals surface area contributed by atoms with E-state index < -0.39 is 4.92 Å². The molecule has 0 bridgehead atoms. The van der Waals surface area contributed by atoms with Gasteiger partial charge in [0.25, 0.3) is 0 Å². The Labute approximate surface area is 117 Å². The second-order valence-electron chi connectivity index (χ2n) is 4.21. The minimum atomic E-state index is -0.442. The second kappa shape index (κ2) is 6.68. The maximum Gasteiger partial charge on any atom is 0.311 e. The Morgan fingerprint density at radius 2 is 1.75 bits per heavy atom. The Kier molecular flexibility index (Phi) is 4.68. The Hall–Kier alpha value is -2.40. The van der Waals surface area contributed by atoms with Crippen LogP contribution in [0.15, 0.2) is 48.5 Å². The summed E-state index contributed by atoms with van der Waals surface area (Å²) in [5.74, 6) is 0.879. The minimum Gasteiger partial charge on any atom is -0.450 e.